The molecule has 3 aliphatic carbocycles. The molecule has 4 nitrogen and oxygen atoms in total. The van der Waals surface area contributed by atoms with Crippen LogP contribution in [-0.2, 0) is 20.7 Å². The molecular weight excluding hydrogens is 266 g/mol. The van der Waals surface area contributed by atoms with E-state index in [1.54, 1.807) is 0 Å². The van der Waals surface area contributed by atoms with Crippen LogP contribution in [0.5, 0.6) is 0 Å². The average Bonchev–Trinajstić information content (AvgIpc) is 3.41. The molecular formula is C17H19NO3. The van der Waals surface area contributed by atoms with Crippen LogP contribution in [0, 0.1) is 11.3 Å². The Bertz CT molecular complexity index is 620. The zero-order valence-corrected chi connectivity index (χ0v) is 12.1. The standard InChI is InChI=1S/C17H19NO3/c1-21-16(20)17(8-9-17)15(19)18-14-12-7-6-10-4-2-3-5-11(10)13(12)14/h2-5,12-14H,6-9H2,1H3,(H,18,19)/t12-,13+,14+/m0/s1. The molecule has 3 atom stereocenters. The van der Waals surface area contributed by atoms with Gasteiger partial charge < -0.3 is 10.1 Å². The van der Waals surface area contributed by atoms with Crippen molar-refractivity contribution in [1.29, 1.82) is 0 Å². The summed E-state index contributed by atoms with van der Waals surface area (Å²) in [5, 5.41) is 3.12. The summed E-state index contributed by atoms with van der Waals surface area (Å²) in [7, 11) is 1.35. The van der Waals surface area contributed by atoms with Crippen LogP contribution in [-0.4, -0.2) is 25.0 Å². The Hall–Kier alpha value is -1.84. The Morgan fingerprint density at radius 3 is 2.76 bits per heavy atom. The van der Waals surface area contributed by atoms with Gasteiger partial charge in [0.2, 0.25) is 5.91 Å². The maximum atomic E-state index is 12.4. The molecule has 0 bridgehead atoms. The molecule has 0 aromatic heterocycles. The lowest BCUT2D eigenvalue weighted by atomic mass is 9.92. The third-order valence-corrected chi connectivity index (χ3v) is 5.39. The summed E-state index contributed by atoms with van der Waals surface area (Å²) in [6, 6.07) is 8.69. The number of fused-ring (bicyclic) bond motifs is 3. The van der Waals surface area contributed by atoms with Crippen molar-refractivity contribution in [3.8, 4) is 0 Å². The summed E-state index contributed by atoms with van der Waals surface area (Å²) in [4.78, 5) is 24.2. The predicted octanol–water partition coefficient (Wildman–Crippen LogP) is 1.78. The van der Waals surface area contributed by atoms with Gasteiger partial charge in [0.05, 0.1) is 7.11 Å². The molecule has 1 aromatic rings. The largest absolute Gasteiger partial charge is 0.468 e. The van der Waals surface area contributed by atoms with Crippen molar-refractivity contribution in [3.05, 3.63) is 35.4 Å². The van der Waals surface area contributed by atoms with Crippen molar-refractivity contribution in [3.63, 3.8) is 0 Å². The minimum absolute atomic E-state index is 0.133. The molecule has 0 spiro atoms. The maximum Gasteiger partial charge on any atom is 0.321 e. The highest BCUT2D eigenvalue weighted by molar-refractivity contribution is 6.05. The van der Waals surface area contributed by atoms with E-state index in [0.29, 0.717) is 24.7 Å². The predicted molar refractivity (Wildman–Crippen MR) is 76.6 cm³/mol. The highest BCUT2D eigenvalue weighted by Crippen LogP contribution is 2.55. The molecule has 4 heteroatoms. The van der Waals surface area contributed by atoms with Gasteiger partial charge in [0, 0.05) is 12.0 Å². The van der Waals surface area contributed by atoms with Gasteiger partial charge in [0.15, 0.2) is 0 Å². The highest BCUT2D eigenvalue weighted by Gasteiger charge is 2.61. The lowest BCUT2D eigenvalue weighted by molar-refractivity contribution is -0.152. The Labute approximate surface area is 123 Å². The smallest absolute Gasteiger partial charge is 0.321 e. The van der Waals surface area contributed by atoms with Gasteiger partial charge in [-0.3, -0.25) is 9.59 Å². The maximum absolute atomic E-state index is 12.4. The van der Waals surface area contributed by atoms with Crippen molar-refractivity contribution < 1.29 is 14.3 Å². The average molecular weight is 285 g/mol. The van der Waals surface area contributed by atoms with Gasteiger partial charge in [-0.05, 0) is 42.7 Å². The molecule has 1 aromatic carbocycles. The summed E-state index contributed by atoms with van der Waals surface area (Å²) >= 11 is 0. The van der Waals surface area contributed by atoms with Gasteiger partial charge in [-0.2, -0.15) is 0 Å². The number of carbonyl (C=O) groups is 2. The molecule has 1 amide bonds. The normalized spacial score (nSPS) is 30.6. The zero-order chi connectivity index (χ0) is 14.6. The third-order valence-electron chi connectivity index (χ3n) is 5.39. The number of methoxy groups -OCH3 is 1. The molecule has 2 fully saturated rings. The van der Waals surface area contributed by atoms with Crippen molar-refractivity contribution in [2.24, 2.45) is 11.3 Å². The van der Waals surface area contributed by atoms with Crippen LogP contribution in [0.3, 0.4) is 0 Å². The first kappa shape index (κ1) is 12.9. The minimum atomic E-state index is -0.889. The van der Waals surface area contributed by atoms with E-state index in [9.17, 15) is 9.59 Å². The van der Waals surface area contributed by atoms with E-state index in [1.807, 2.05) is 0 Å². The van der Waals surface area contributed by atoms with Gasteiger partial charge >= 0.3 is 5.97 Å². The fourth-order valence-corrected chi connectivity index (χ4v) is 3.90. The molecule has 110 valence electrons. The Kier molecular flexibility index (Phi) is 2.65. The van der Waals surface area contributed by atoms with Gasteiger partial charge in [-0.1, -0.05) is 24.3 Å². The van der Waals surface area contributed by atoms with Crippen molar-refractivity contribution in [2.45, 2.75) is 37.6 Å². The first-order chi connectivity index (χ1) is 10.2. The summed E-state index contributed by atoms with van der Waals surface area (Å²) in [6.45, 7) is 0. The Morgan fingerprint density at radius 1 is 1.29 bits per heavy atom. The van der Waals surface area contributed by atoms with Gasteiger partial charge in [0.25, 0.3) is 0 Å². The molecule has 21 heavy (non-hydrogen) atoms. The number of nitrogens with one attached hydrogen (secondary N) is 1. The minimum Gasteiger partial charge on any atom is -0.468 e. The SMILES string of the molecule is COC(=O)C1(C(=O)N[C@@H]2[C@H]3CCc4ccccc4[C@H]32)CC1. The zero-order valence-electron chi connectivity index (χ0n) is 12.1. The van der Waals surface area contributed by atoms with Crippen LogP contribution in [0.25, 0.3) is 0 Å². The van der Waals surface area contributed by atoms with Gasteiger partial charge in [-0.15, -0.1) is 0 Å². The Morgan fingerprint density at radius 2 is 2.05 bits per heavy atom. The van der Waals surface area contributed by atoms with Gasteiger partial charge in [-0.25, -0.2) is 0 Å². The summed E-state index contributed by atoms with van der Waals surface area (Å²) < 4.78 is 4.78. The highest BCUT2D eigenvalue weighted by atomic mass is 16.5. The number of hydrogen-bond donors (Lipinski definition) is 1. The van der Waals surface area contributed by atoms with Crippen LogP contribution in [0.1, 0.15) is 36.3 Å². The molecule has 1 N–H and O–H groups in total. The monoisotopic (exact) mass is 285 g/mol. The molecule has 0 saturated heterocycles. The number of hydrogen-bond acceptors (Lipinski definition) is 3. The van der Waals surface area contributed by atoms with Gasteiger partial charge in [0.1, 0.15) is 5.41 Å². The van der Waals surface area contributed by atoms with Crippen LogP contribution >= 0.6 is 0 Å². The first-order valence-corrected chi connectivity index (χ1v) is 7.64. The second kappa shape index (κ2) is 4.33. The fraction of sp³-hybridized carbons (Fsp3) is 0.529. The van der Waals surface area contributed by atoms with Crippen LogP contribution in [0.2, 0.25) is 0 Å². The number of carbonyl (C=O) groups excluding carboxylic acids is 2. The first-order valence-electron chi connectivity index (χ1n) is 7.64. The van der Waals surface area contributed by atoms with Crippen molar-refractivity contribution in [1.82, 2.24) is 5.32 Å². The summed E-state index contributed by atoms with van der Waals surface area (Å²) in [5.41, 5.74) is 1.89. The lowest BCUT2D eigenvalue weighted by Crippen LogP contribution is -2.39. The Balaban J connectivity index is 1.49. The fourth-order valence-electron chi connectivity index (χ4n) is 3.90. The lowest BCUT2D eigenvalue weighted by Gasteiger charge is -2.13. The van der Waals surface area contributed by atoms with Crippen molar-refractivity contribution in [2.75, 3.05) is 7.11 Å². The van der Waals surface area contributed by atoms with E-state index in [-0.39, 0.29) is 17.9 Å². The van der Waals surface area contributed by atoms with Crippen LogP contribution < -0.4 is 5.32 Å². The van der Waals surface area contributed by atoms with Crippen LogP contribution in [0.15, 0.2) is 24.3 Å². The number of amides is 1. The third kappa shape index (κ3) is 1.81. The van der Waals surface area contributed by atoms with E-state index >= 15 is 0 Å². The van der Waals surface area contributed by atoms with E-state index < -0.39 is 5.41 Å². The number of aryl methyl sites for hydroxylation is 1. The molecule has 0 radical (unpaired) electrons. The second-order valence-electron chi connectivity index (χ2n) is 6.50. The molecule has 3 aliphatic rings. The summed E-state index contributed by atoms with van der Waals surface area (Å²) in [5.74, 6) is 0.458. The quantitative estimate of drug-likeness (QED) is 0.680. The van der Waals surface area contributed by atoms with E-state index in [1.165, 1.54) is 18.2 Å². The van der Waals surface area contributed by atoms with E-state index in [0.717, 1.165) is 12.8 Å². The molecule has 2 saturated carbocycles. The molecule has 4 rings (SSSR count). The van der Waals surface area contributed by atoms with E-state index in [4.69, 9.17) is 4.74 Å². The number of benzene rings is 1. The second-order valence-corrected chi connectivity index (χ2v) is 6.50. The van der Waals surface area contributed by atoms with Crippen molar-refractivity contribution >= 4 is 11.9 Å². The topological polar surface area (TPSA) is 55.4 Å². The number of ether oxygens (including phenoxy) is 1. The molecule has 0 aliphatic heterocycles. The number of rotatable bonds is 3. The van der Waals surface area contributed by atoms with E-state index in [2.05, 4.69) is 29.6 Å². The number of esters is 1. The summed E-state index contributed by atoms with van der Waals surface area (Å²) in [6.07, 6.45) is 3.44. The molecule has 0 heterocycles. The molecule has 0 unspecified atom stereocenters. The van der Waals surface area contributed by atoms with Crippen LogP contribution in [0.4, 0.5) is 0 Å².